The standard InChI is InChI=1S/C26H27N3O2.ClH/c1-3-27(4-2)19-25-26(21-13-9-6-10-14-21)23-17-22(29(30)31)15-16-24(23)28(25)18-20-11-7-5-8-12-20;/h5-17H,3-4,18-19H2,1-2H3;1H. The van der Waals surface area contributed by atoms with Gasteiger partial charge in [0.2, 0.25) is 0 Å². The van der Waals surface area contributed by atoms with Crippen LogP contribution in [0.25, 0.3) is 22.0 Å². The van der Waals surface area contributed by atoms with E-state index in [-0.39, 0.29) is 23.0 Å². The van der Waals surface area contributed by atoms with Crippen LogP contribution >= 0.6 is 0 Å². The van der Waals surface area contributed by atoms with Crippen molar-refractivity contribution in [2.75, 3.05) is 13.1 Å². The summed E-state index contributed by atoms with van der Waals surface area (Å²) in [5, 5.41) is 12.5. The highest BCUT2D eigenvalue weighted by Gasteiger charge is 2.23. The summed E-state index contributed by atoms with van der Waals surface area (Å²) in [6.07, 6.45) is 0. The lowest BCUT2D eigenvalue weighted by atomic mass is 10.0. The van der Waals surface area contributed by atoms with E-state index in [1.807, 2.05) is 30.3 Å². The molecular formula is C26H28ClN3O2. The average molecular weight is 450 g/mol. The van der Waals surface area contributed by atoms with Crippen LogP contribution in [0.1, 0.15) is 25.1 Å². The molecule has 0 fully saturated rings. The molecule has 1 heterocycles. The van der Waals surface area contributed by atoms with Crippen LogP contribution in [-0.4, -0.2) is 22.6 Å². The van der Waals surface area contributed by atoms with E-state index in [0.29, 0.717) is 0 Å². The third-order valence-electron chi connectivity index (χ3n) is 6.03. The molecule has 0 unspecified atom stereocenters. The minimum Gasteiger partial charge on any atom is -1.00 e. The second kappa shape index (κ2) is 10.4. The maximum Gasteiger partial charge on any atom is 0.270 e. The molecule has 0 amide bonds. The molecule has 0 radical (unpaired) electrons. The van der Waals surface area contributed by atoms with E-state index in [1.54, 1.807) is 12.1 Å². The first-order valence-corrected chi connectivity index (χ1v) is 10.8. The fourth-order valence-electron chi connectivity index (χ4n) is 4.30. The second-order valence-electron chi connectivity index (χ2n) is 7.85. The summed E-state index contributed by atoms with van der Waals surface area (Å²) >= 11 is 0. The second-order valence-corrected chi connectivity index (χ2v) is 7.85. The van der Waals surface area contributed by atoms with Crippen molar-refractivity contribution in [3.05, 3.63) is 100 Å². The van der Waals surface area contributed by atoms with E-state index in [9.17, 15) is 10.1 Å². The van der Waals surface area contributed by atoms with Gasteiger partial charge in [0.15, 0.2) is 0 Å². The number of quaternary nitrogens is 1. The zero-order valence-electron chi connectivity index (χ0n) is 18.4. The Labute approximate surface area is 194 Å². The smallest absolute Gasteiger partial charge is 0.270 e. The van der Waals surface area contributed by atoms with Crippen LogP contribution < -0.4 is 17.3 Å². The molecule has 3 aromatic carbocycles. The van der Waals surface area contributed by atoms with Crippen molar-refractivity contribution in [3.63, 3.8) is 0 Å². The quantitative estimate of drug-likeness (QED) is 0.329. The van der Waals surface area contributed by atoms with E-state index in [4.69, 9.17) is 0 Å². The number of halogens is 1. The minimum atomic E-state index is -0.307. The van der Waals surface area contributed by atoms with E-state index < -0.39 is 0 Å². The molecule has 0 aliphatic carbocycles. The summed E-state index contributed by atoms with van der Waals surface area (Å²) in [4.78, 5) is 12.7. The van der Waals surface area contributed by atoms with Crippen LogP contribution in [0, 0.1) is 10.1 Å². The summed E-state index contributed by atoms with van der Waals surface area (Å²) in [7, 11) is 0. The summed E-state index contributed by atoms with van der Waals surface area (Å²) in [6, 6.07) is 25.9. The number of nitrogens with one attached hydrogen (secondary N) is 1. The lowest BCUT2D eigenvalue weighted by molar-refractivity contribution is -0.910. The molecule has 0 aliphatic heterocycles. The molecule has 6 heteroatoms. The first-order valence-electron chi connectivity index (χ1n) is 10.8. The number of aromatic nitrogens is 1. The van der Waals surface area contributed by atoms with E-state index in [0.717, 1.165) is 48.2 Å². The first kappa shape index (κ1) is 23.5. The van der Waals surface area contributed by atoms with Gasteiger partial charge in [-0.05, 0) is 31.0 Å². The van der Waals surface area contributed by atoms with Crippen LogP contribution in [0.15, 0.2) is 78.9 Å². The molecule has 5 nitrogen and oxygen atoms in total. The Morgan fingerprint density at radius 1 is 0.906 bits per heavy atom. The zero-order valence-corrected chi connectivity index (χ0v) is 19.2. The highest BCUT2D eigenvalue weighted by Crippen LogP contribution is 2.37. The number of non-ortho nitro benzene ring substituents is 1. The van der Waals surface area contributed by atoms with Gasteiger partial charge in [-0.1, -0.05) is 60.7 Å². The van der Waals surface area contributed by atoms with Crippen molar-refractivity contribution < 1.29 is 22.2 Å². The van der Waals surface area contributed by atoms with Crippen molar-refractivity contribution in [3.8, 4) is 11.1 Å². The van der Waals surface area contributed by atoms with Crippen molar-refractivity contribution >= 4 is 16.6 Å². The van der Waals surface area contributed by atoms with Gasteiger partial charge >= 0.3 is 0 Å². The highest BCUT2D eigenvalue weighted by molar-refractivity contribution is 5.99. The topological polar surface area (TPSA) is 52.5 Å². The molecule has 0 atom stereocenters. The predicted octanol–water partition coefficient (Wildman–Crippen LogP) is 1.69. The SMILES string of the molecule is CC[NH+](CC)Cc1c(-c2ccccc2)c2cc([N+](=O)[O-])ccc2n1Cc1ccccc1.[Cl-]. The fraction of sp³-hybridized carbons (Fsp3) is 0.231. The molecule has 4 rings (SSSR count). The predicted molar refractivity (Wildman–Crippen MR) is 125 cm³/mol. The van der Waals surface area contributed by atoms with Crippen LogP contribution in [0.2, 0.25) is 0 Å². The number of benzene rings is 3. The van der Waals surface area contributed by atoms with Gasteiger partial charge in [-0.15, -0.1) is 0 Å². The first-order chi connectivity index (χ1) is 15.1. The molecular weight excluding hydrogens is 422 g/mol. The molecule has 166 valence electrons. The Balaban J connectivity index is 0.00000289. The van der Waals surface area contributed by atoms with Gasteiger partial charge in [0.05, 0.1) is 23.7 Å². The number of hydrogen-bond acceptors (Lipinski definition) is 2. The molecule has 4 aromatic rings. The van der Waals surface area contributed by atoms with E-state index >= 15 is 0 Å². The third-order valence-corrected chi connectivity index (χ3v) is 6.03. The average Bonchev–Trinajstić information content (AvgIpc) is 3.10. The number of nitro groups is 1. The van der Waals surface area contributed by atoms with Crippen molar-refractivity contribution in [1.82, 2.24) is 4.57 Å². The number of hydrogen-bond donors (Lipinski definition) is 1. The van der Waals surface area contributed by atoms with Crippen LogP contribution in [-0.2, 0) is 13.1 Å². The Kier molecular flexibility index (Phi) is 7.67. The zero-order chi connectivity index (χ0) is 21.8. The number of rotatable bonds is 8. The third kappa shape index (κ3) is 4.69. The van der Waals surface area contributed by atoms with Crippen molar-refractivity contribution in [2.24, 2.45) is 0 Å². The molecule has 0 aliphatic rings. The lowest BCUT2D eigenvalue weighted by Crippen LogP contribution is -3.10. The van der Waals surface area contributed by atoms with E-state index in [2.05, 4.69) is 54.8 Å². The minimum absolute atomic E-state index is 0. The van der Waals surface area contributed by atoms with Gasteiger partial charge in [0.1, 0.15) is 6.54 Å². The maximum absolute atomic E-state index is 11.5. The van der Waals surface area contributed by atoms with Gasteiger partial charge < -0.3 is 21.9 Å². The fourth-order valence-corrected chi connectivity index (χ4v) is 4.30. The maximum atomic E-state index is 11.5. The van der Waals surface area contributed by atoms with Gasteiger partial charge in [-0.3, -0.25) is 10.1 Å². The normalized spacial score (nSPS) is 11.0. The van der Waals surface area contributed by atoms with Crippen LogP contribution in [0.5, 0.6) is 0 Å². The number of fused-ring (bicyclic) bond motifs is 1. The molecule has 32 heavy (non-hydrogen) atoms. The highest BCUT2D eigenvalue weighted by atomic mass is 35.5. The molecule has 1 N–H and O–H groups in total. The number of nitro benzene ring substituents is 1. The van der Waals surface area contributed by atoms with E-state index in [1.165, 1.54) is 16.2 Å². The van der Waals surface area contributed by atoms with Gasteiger partial charge in [-0.25, -0.2) is 0 Å². The summed E-state index contributed by atoms with van der Waals surface area (Å²) < 4.78 is 2.35. The summed E-state index contributed by atoms with van der Waals surface area (Å²) in [5.41, 5.74) is 5.81. The lowest BCUT2D eigenvalue weighted by Gasteiger charge is -2.19. The Hall–Kier alpha value is -3.15. The summed E-state index contributed by atoms with van der Waals surface area (Å²) in [5.74, 6) is 0. The number of nitrogens with zero attached hydrogens (tertiary/aromatic N) is 2. The van der Waals surface area contributed by atoms with Gasteiger partial charge in [0.25, 0.3) is 5.69 Å². The Morgan fingerprint density at radius 3 is 2.12 bits per heavy atom. The Bertz CT molecular complexity index is 1190. The van der Waals surface area contributed by atoms with Crippen LogP contribution in [0.3, 0.4) is 0 Å². The molecule has 0 saturated carbocycles. The van der Waals surface area contributed by atoms with Crippen LogP contribution in [0.4, 0.5) is 5.69 Å². The van der Waals surface area contributed by atoms with Crippen molar-refractivity contribution in [1.29, 1.82) is 0 Å². The Morgan fingerprint density at radius 2 is 1.53 bits per heavy atom. The summed E-state index contributed by atoms with van der Waals surface area (Å²) in [6.45, 7) is 8.06. The molecule has 1 aromatic heterocycles. The molecule has 0 spiro atoms. The molecule has 0 saturated heterocycles. The monoisotopic (exact) mass is 449 g/mol. The molecule has 0 bridgehead atoms. The van der Waals surface area contributed by atoms with Gasteiger partial charge in [-0.2, -0.15) is 0 Å². The largest absolute Gasteiger partial charge is 1.00 e. The van der Waals surface area contributed by atoms with Crippen molar-refractivity contribution in [2.45, 2.75) is 26.9 Å². The van der Waals surface area contributed by atoms with Gasteiger partial charge in [0, 0.05) is 35.1 Å².